The van der Waals surface area contributed by atoms with Crippen molar-refractivity contribution in [3.05, 3.63) is 12.2 Å². The Morgan fingerprint density at radius 1 is 1.50 bits per heavy atom. The molecule has 1 rings (SSSR count). The van der Waals surface area contributed by atoms with Crippen LogP contribution in [0.3, 0.4) is 0 Å². The summed E-state index contributed by atoms with van der Waals surface area (Å²) in [5, 5.41) is 3.42. The summed E-state index contributed by atoms with van der Waals surface area (Å²) in [6.45, 7) is 8.56. The molecular formula is C13H25N. The lowest BCUT2D eigenvalue weighted by atomic mass is 9.75. The summed E-state index contributed by atoms with van der Waals surface area (Å²) >= 11 is 0. The summed E-state index contributed by atoms with van der Waals surface area (Å²) in [7, 11) is 2.06. The molecule has 0 radical (unpaired) electrons. The zero-order valence-electron chi connectivity index (χ0n) is 9.97. The number of nitrogens with one attached hydrogen (secondary N) is 1. The number of hydrogen-bond acceptors (Lipinski definition) is 1. The second-order valence-corrected chi connectivity index (χ2v) is 4.81. The van der Waals surface area contributed by atoms with Gasteiger partial charge >= 0.3 is 0 Å². The minimum Gasteiger partial charge on any atom is -0.313 e. The number of rotatable bonds is 4. The highest BCUT2D eigenvalue weighted by Crippen LogP contribution is 2.34. The van der Waals surface area contributed by atoms with Crippen LogP contribution in [0.1, 0.15) is 46.0 Å². The lowest BCUT2D eigenvalue weighted by Crippen LogP contribution is -2.37. The minimum absolute atomic E-state index is 0.546. The van der Waals surface area contributed by atoms with Gasteiger partial charge in [-0.25, -0.2) is 0 Å². The first-order valence-electron chi connectivity index (χ1n) is 6.01. The minimum atomic E-state index is 0.546. The average molecular weight is 195 g/mol. The molecule has 82 valence electrons. The van der Waals surface area contributed by atoms with Gasteiger partial charge in [0.05, 0.1) is 0 Å². The van der Waals surface area contributed by atoms with Crippen molar-refractivity contribution in [2.75, 3.05) is 7.05 Å². The molecule has 3 atom stereocenters. The van der Waals surface area contributed by atoms with Gasteiger partial charge in [0.1, 0.15) is 0 Å². The zero-order chi connectivity index (χ0) is 10.6. The standard InChI is InChI=1S/C13H25N/c1-5-11-7-6-8-12(9-11)13(14-4)10(2)3/h11-14H,2,5-9H2,1,3-4H3. The molecular weight excluding hydrogens is 170 g/mol. The SMILES string of the molecule is C=C(C)C(NC)C1CCCC(CC)C1. The molecule has 0 aliphatic heterocycles. The van der Waals surface area contributed by atoms with Gasteiger partial charge in [0, 0.05) is 6.04 Å². The van der Waals surface area contributed by atoms with E-state index in [9.17, 15) is 0 Å². The Morgan fingerprint density at radius 2 is 2.21 bits per heavy atom. The third kappa shape index (κ3) is 2.84. The summed E-state index contributed by atoms with van der Waals surface area (Å²) in [6, 6.07) is 0.546. The van der Waals surface area contributed by atoms with Crippen molar-refractivity contribution in [2.45, 2.75) is 52.0 Å². The molecule has 1 saturated carbocycles. The monoisotopic (exact) mass is 195 g/mol. The van der Waals surface area contributed by atoms with Gasteiger partial charge < -0.3 is 5.32 Å². The van der Waals surface area contributed by atoms with E-state index in [0.29, 0.717) is 6.04 Å². The number of likely N-dealkylation sites (N-methyl/N-ethyl adjacent to an activating group) is 1. The molecule has 0 spiro atoms. The average Bonchev–Trinajstić information content (AvgIpc) is 2.19. The van der Waals surface area contributed by atoms with Crippen molar-refractivity contribution in [2.24, 2.45) is 11.8 Å². The topological polar surface area (TPSA) is 12.0 Å². The van der Waals surface area contributed by atoms with Gasteiger partial charge in [-0.05, 0) is 38.6 Å². The fourth-order valence-electron chi connectivity index (χ4n) is 2.89. The van der Waals surface area contributed by atoms with Crippen LogP contribution in [0.5, 0.6) is 0 Å². The van der Waals surface area contributed by atoms with Crippen LogP contribution in [0.25, 0.3) is 0 Å². The molecule has 0 aromatic carbocycles. The zero-order valence-corrected chi connectivity index (χ0v) is 9.97. The van der Waals surface area contributed by atoms with Crippen LogP contribution in [0.4, 0.5) is 0 Å². The van der Waals surface area contributed by atoms with E-state index in [1.165, 1.54) is 37.7 Å². The van der Waals surface area contributed by atoms with E-state index >= 15 is 0 Å². The summed E-state index contributed by atoms with van der Waals surface area (Å²) in [5.41, 5.74) is 1.30. The van der Waals surface area contributed by atoms with E-state index < -0.39 is 0 Å². The van der Waals surface area contributed by atoms with E-state index in [0.717, 1.165) is 11.8 Å². The maximum atomic E-state index is 4.09. The first-order chi connectivity index (χ1) is 6.69. The highest BCUT2D eigenvalue weighted by molar-refractivity contribution is 5.04. The largest absolute Gasteiger partial charge is 0.313 e. The smallest absolute Gasteiger partial charge is 0.0299 e. The molecule has 1 fully saturated rings. The molecule has 0 amide bonds. The Hall–Kier alpha value is -0.300. The van der Waals surface area contributed by atoms with Gasteiger partial charge in [-0.15, -0.1) is 0 Å². The maximum absolute atomic E-state index is 4.09. The molecule has 14 heavy (non-hydrogen) atoms. The van der Waals surface area contributed by atoms with Crippen LogP contribution < -0.4 is 5.32 Å². The quantitative estimate of drug-likeness (QED) is 0.678. The molecule has 1 aliphatic carbocycles. The second-order valence-electron chi connectivity index (χ2n) is 4.81. The van der Waals surface area contributed by atoms with Crippen LogP contribution >= 0.6 is 0 Å². The fourth-order valence-corrected chi connectivity index (χ4v) is 2.89. The third-order valence-electron chi connectivity index (χ3n) is 3.71. The van der Waals surface area contributed by atoms with Gasteiger partial charge in [-0.1, -0.05) is 38.3 Å². The highest BCUT2D eigenvalue weighted by atomic mass is 14.9. The van der Waals surface area contributed by atoms with Crippen LogP contribution in [0.2, 0.25) is 0 Å². The summed E-state index contributed by atoms with van der Waals surface area (Å²) in [6.07, 6.45) is 6.99. The molecule has 0 saturated heterocycles. The van der Waals surface area contributed by atoms with Crippen LogP contribution in [0, 0.1) is 11.8 Å². The normalized spacial score (nSPS) is 29.9. The van der Waals surface area contributed by atoms with E-state index in [4.69, 9.17) is 0 Å². The Balaban J connectivity index is 2.53. The van der Waals surface area contributed by atoms with Crippen LogP contribution in [0.15, 0.2) is 12.2 Å². The predicted molar refractivity (Wildman–Crippen MR) is 63.4 cm³/mol. The van der Waals surface area contributed by atoms with Crippen molar-refractivity contribution in [1.82, 2.24) is 5.32 Å². The van der Waals surface area contributed by atoms with E-state index in [-0.39, 0.29) is 0 Å². The van der Waals surface area contributed by atoms with Gasteiger partial charge in [0.25, 0.3) is 0 Å². The summed E-state index contributed by atoms with van der Waals surface area (Å²) in [4.78, 5) is 0. The van der Waals surface area contributed by atoms with Crippen molar-refractivity contribution in [3.8, 4) is 0 Å². The molecule has 0 aromatic heterocycles. The first-order valence-corrected chi connectivity index (χ1v) is 6.01. The van der Waals surface area contributed by atoms with E-state index in [1.807, 2.05) is 0 Å². The Kier molecular flexibility index (Phi) is 4.67. The molecule has 0 aromatic rings. The van der Waals surface area contributed by atoms with Crippen LogP contribution in [-0.4, -0.2) is 13.1 Å². The first kappa shape index (κ1) is 11.8. The fraction of sp³-hybridized carbons (Fsp3) is 0.846. The van der Waals surface area contributed by atoms with Crippen molar-refractivity contribution in [1.29, 1.82) is 0 Å². The molecule has 1 aliphatic rings. The Bertz CT molecular complexity index is 186. The molecule has 1 nitrogen and oxygen atoms in total. The van der Waals surface area contributed by atoms with E-state index in [2.05, 4.69) is 32.8 Å². The molecule has 0 heterocycles. The second kappa shape index (κ2) is 5.55. The molecule has 3 unspecified atom stereocenters. The molecule has 0 bridgehead atoms. The maximum Gasteiger partial charge on any atom is 0.0299 e. The van der Waals surface area contributed by atoms with Crippen molar-refractivity contribution >= 4 is 0 Å². The summed E-state index contributed by atoms with van der Waals surface area (Å²) in [5.74, 6) is 1.79. The predicted octanol–water partition coefficient (Wildman–Crippen LogP) is 3.37. The Morgan fingerprint density at radius 3 is 2.71 bits per heavy atom. The van der Waals surface area contributed by atoms with Crippen LogP contribution in [-0.2, 0) is 0 Å². The van der Waals surface area contributed by atoms with Gasteiger partial charge in [-0.3, -0.25) is 0 Å². The van der Waals surface area contributed by atoms with Gasteiger partial charge in [-0.2, -0.15) is 0 Å². The summed E-state index contributed by atoms with van der Waals surface area (Å²) < 4.78 is 0. The third-order valence-corrected chi connectivity index (χ3v) is 3.71. The molecule has 1 N–H and O–H groups in total. The lowest BCUT2D eigenvalue weighted by Gasteiger charge is -2.34. The van der Waals surface area contributed by atoms with Gasteiger partial charge in [0.2, 0.25) is 0 Å². The van der Waals surface area contributed by atoms with E-state index in [1.54, 1.807) is 0 Å². The Labute approximate surface area is 89.0 Å². The highest BCUT2D eigenvalue weighted by Gasteiger charge is 2.26. The van der Waals surface area contributed by atoms with Crippen molar-refractivity contribution in [3.63, 3.8) is 0 Å². The lowest BCUT2D eigenvalue weighted by molar-refractivity contribution is 0.228. The van der Waals surface area contributed by atoms with Crippen molar-refractivity contribution < 1.29 is 0 Å². The molecule has 1 heteroatoms. The number of hydrogen-bond donors (Lipinski definition) is 1. The van der Waals surface area contributed by atoms with Gasteiger partial charge in [0.15, 0.2) is 0 Å².